The highest BCUT2D eigenvalue weighted by Crippen LogP contribution is 2.47. The van der Waals surface area contributed by atoms with Gasteiger partial charge < -0.3 is 9.67 Å². The summed E-state index contributed by atoms with van der Waals surface area (Å²) in [5.74, 6) is 1.37. The highest BCUT2D eigenvalue weighted by Gasteiger charge is 2.42. The lowest BCUT2D eigenvalue weighted by atomic mass is 9.77. The van der Waals surface area contributed by atoms with Crippen molar-refractivity contribution in [2.24, 2.45) is 5.92 Å². The summed E-state index contributed by atoms with van der Waals surface area (Å²) in [6.45, 7) is 6.52. The standard InChI is InChI=1S/C24H29ClN4O/c1-14-5-8-19-23-18-7-6-17(25)9-21(18)29(22(23)10-20(14)28(19)4)13-24(3,30)16-11-26-15(2)27-12-16/h6-7,9,11-12,14,19-20,30H,5,8,10,13H2,1-4H3. The molecule has 4 unspecified atom stereocenters. The molecule has 2 aliphatic rings. The highest BCUT2D eigenvalue weighted by atomic mass is 35.5. The van der Waals surface area contributed by atoms with E-state index in [2.05, 4.69) is 39.5 Å². The van der Waals surface area contributed by atoms with Gasteiger partial charge in [-0.05, 0) is 57.4 Å². The van der Waals surface area contributed by atoms with Crippen LogP contribution in [-0.4, -0.2) is 37.6 Å². The van der Waals surface area contributed by atoms with Gasteiger partial charge in [-0.1, -0.05) is 24.6 Å². The molecule has 1 fully saturated rings. The van der Waals surface area contributed by atoms with Crippen LogP contribution in [-0.2, 0) is 18.6 Å². The number of aliphatic hydroxyl groups is 1. The molecule has 0 amide bonds. The second-order valence-electron chi connectivity index (χ2n) is 9.41. The number of rotatable bonds is 3. The van der Waals surface area contributed by atoms with Crippen molar-refractivity contribution in [2.75, 3.05) is 7.05 Å². The maximum Gasteiger partial charge on any atom is 0.125 e. The summed E-state index contributed by atoms with van der Waals surface area (Å²) >= 11 is 6.42. The van der Waals surface area contributed by atoms with Crippen LogP contribution in [0.25, 0.3) is 10.9 Å². The number of aromatic nitrogens is 3. The predicted molar refractivity (Wildman–Crippen MR) is 120 cm³/mol. The van der Waals surface area contributed by atoms with Crippen LogP contribution in [0.4, 0.5) is 0 Å². The van der Waals surface area contributed by atoms with Gasteiger partial charge in [-0.2, -0.15) is 0 Å². The van der Waals surface area contributed by atoms with E-state index in [0.29, 0.717) is 30.4 Å². The minimum atomic E-state index is -1.08. The van der Waals surface area contributed by atoms with Crippen LogP contribution in [0.5, 0.6) is 0 Å². The Bertz CT molecular complexity index is 1100. The van der Waals surface area contributed by atoms with E-state index in [1.807, 2.05) is 26.0 Å². The number of fused-ring (bicyclic) bond motifs is 6. The van der Waals surface area contributed by atoms with Crippen LogP contribution >= 0.6 is 11.6 Å². The van der Waals surface area contributed by atoms with E-state index < -0.39 is 5.60 Å². The normalized spacial score (nSPS) is 25.9. The molecule has 1 aromatic carbocycles. The van der Waals surface area contributed by atoms with Gasteiger partial charge in [0, 0.05) is 52.6 Å². The molecule has 0 spiro atoms. The van der Waals surface area contributed by atoms with Gasteiger partial charge in [-0.15, -0.1) is 0 Å². The quantitative estimate of drug-likeness (QED) is 0.666. The Kier molecular flexibility index (Phi) is 4.69. The maximum atomic E-state index is 11.4. The van der Waals surface area contributed by atoms with Crippen LogP contribution < -0.4 is 0 Å². The summed E-state index contributed by atoms with van der Waals surface area (Å²) in [7, 11) is 2.27. The zero-order valence-electron chi connectivity index (χ0n) is 18.1. The molecule has 2 bridgehead atoms. The Hall–Kier alpha value is -1.95. The van der Waals surface area contributed by atoms with E-state index in [1.165, 1.54) is 29.5 Å². The number of hydrogen-bond donors (Lipinski definition) is 1. The van der Waals surface area contributed by atoms with Crippen LogP contribution in [0.3, 0.4) is 0 Å². The number of aryl methyl sites for hydroxylation is 1. The monoisotopic (exact) mass is 424 g/mol. The molecule has 0 saturated carbocycles. The summed E-state index contributed by atoms with van der Waals surface area (Å²) in [4.78, 5) is 11.2. The molecule has 6 heteroatoms. The van der Waals surface area contributed by atoms with Gasteiger partial charge >= 0.3 is 0 Å². The molecule has 1 saturated heterocycles. The van der Waals surface area contributed by atoms with Gasteiger partial charge in [-0.3, -0.25) is 4.90 Å². The smallest absolute Gasteiger partial charge is 0.125 e. The SMILES string of the molecule is Cc1ncc(C(C)(O)Cn2c3c(c4ccc(Cl)cc42)C2CCC(C)C(C3)N2C)cn1. The average Bonchev–Trinajstić information content (AvgIpc) is 2.97. The van der Waals surface area contributed by atoms with Gasteiger partial charge in [-0.25, -0.2) is 9.97 Å². The molecule has 0 aliphatic carbocycles. The van der Waals surface area contributed by atoms with Gasteiger partial charge in [0.05, 0.1) is 12.1 Å². The average molecular weight is 425 g/mol. The topological polar surface area (TPSA) is 54.2 Å². The number of hydrogen-bond acceptors (Lipinski definition) is 4. The van der Waals surface area contributed by atoms with Crippen LogP contribution in [0, 0.1) is 12.8 Å². The second kappa shape index (κ2) is 7.04. The molecule has 4 atom stereocenters. The fourth-order valence-electron chi connectivity index (χ4n) is 5.59. The van der Waals surface area contributed by atoms with E-state index in [1.54, 1.807) is 12.4 Å². The van der Waals surface area contributed by atoms with E-state index >= 15 is 0 Å². The summed E-state index contributed by atoms with van der Waals surface area (Å²) in [5.41, 5.74) is 3.52. The number of benzene rings is 1. The van der Waals surface area contributed by atoms with Crippen LogP contribution in [0.2, 0.25) is 5.02 Å². The molecule has 158 valence electrons. The minimum absolute atomic E-state index is 0.424. The van der Waals surface area contributed by atoms with Crippen molar-refractivity contribution >= 4 is 22.5 Å². The molecule has 3 aromatic rings. The Morgan fingerprint density at radius 3 is 2.70 bits per heavy atom. The lowest BCUT2D eigenvalue weighted by Gasteiger charge is -2.47. The fourth-order valence-corrected chi connectivity index (χ4v) is 5.75. The first kappa shape index (κ1) is 20.0. The van der Waals surface area contributed by atoms with Crippen molar-refractivity contribution in [3.8, 4) is 0 Å². The lowest BCUT2D eigenvalue weighted by Crippen LogP contribution is -2.48. The largest absolute Gasteiger partial charge is 0.383 e. The van der Waals surface area contributed by atoms with Gasteiger partial charge in [0.2, 0.25) is 0 Å². The Morgan fingerprint density at radius 2 is 1.97 bits per heavy atom. The zero-order valence-corrected chi connectivity index (χ0v) is 18.8. The number of halogens is 1. The third-order valence-corrected chi connectivity index (χ3v) is 7.58. The van der Waals surface area contributed by atoms with Crippen LogP contribution in [0.15, 0.2) is 30.6 Å². The zero-order chi connectivity index (χ0) is 21.2. The Labute approximate surface area is 182 Å². The van der Waals surface area contributed by atoms with Gasteiger partial charge in [0.15, 0.2) is 0 Å². The molecule has 30 heavy (non-hydrogen) atoms. The van der Waals surface area contributed by atoms with Crippen molar-refractivity contribution in [2.45, 2.75) is 64.3 Å². The van der Waals surface area contributed by atoms with Crippen molar-refractivity contribution in [3.05, 3.63) is 58.3 Å². The summed E-state index contributed by atoms with van der Waals surface area (Å²) < 4.78 is 2.31. The van der Waals surface area contributed by atoms with E-state index in [9.17, 15) is 5.11 Å². The van der Waals surface area contributed by atoms with Crippen molar-refractivity contribution in [1.82, 2.24) is 19.4 Å². The molecular weight excluding hydrogens is 396 g/mol. The second-order valence-corrected chi connectivity index (χ2v) is 9.84. The summed E-state index contributed by atoms with van der Waals surface area (Å²) in [6, 6.07) is 7.14. The molecule has 0 radical (unpaired) electrons. The fraction of sp³-hybridized carbons (Fsp3) is 0.500. The van der Waals surface area contributed by atoms with Crippen molar-refractivity contribution < 1.29 is 5.11 Å². The van der Waals surface area contributed by atoms with Crippen LogP contribution in [0.1, 0.15) is 55.4 Å². The maximum absolute atomic E-state index is 11.4. The summed E-state index contributed by atoms with van der Waals surface area (Å²) in [6.07, 6.45) is 6.90. The summed E-state index contributed by atoms with van der Waals surface area (Å²) in [5, 5.41) is 13.4. The van der Waals surface area contributed by atoms with E-state index in [-0.39, 0.29) is 0 Å². The van der Waals surface area contributed by atoms with Gasteiger partial charge in [0.1, 0.15) is 11.4 Å². The van der Waals surface area contributed by atoms with Crippen molar-refractivity contribution in [1.29, 1.82) is 0 Å². The predicted octanol–water partition coefficient (Wildman–Crippen LogP) is 4.63. The van der Waals surface area contributed by atoms with E-state index in [0.717, 1.165) is 22.5 Å². The molecule has 5 rings (SSSR count). The molecule has 2 aliphatic heterocycles. The van der Waals surface area contributed by atoms with Crippen molar-refractivity contribution in [3.63, 3.8) is 0 Å². The molecule has 2 aromatic heterocycles. The number of nitrogens with zero attached hydrogens (tertiary/aromatic N) is 4. The lowest BCUT2D eigenvalue weighted by molar-refractivity contribution is 0.0329. The Balaban J connectivity index is 1.67. The highest BCUT2D eigenvalue weighted by molar-refractivity contribution is 6.31. The number of likely N-dealkylation sites (N-methyl/N-ethyl adjacent to an activating group) is 1. The first-order valence-electron chi connectivity index (χ1n) is 10.8. The molecular formula is C24H29ClN4O. The first-order chi connectivity index (χ1) is 14.3. The Morgan fingerprint density at radius 1 is 1.23 bits per heavy atom. The third-order valence-electron chi connectivity index (χ3n) is 7.35. The number of piperidine rings is 1. The van der Waals surface area contributed by atoms with Gasteiger partial charge in [0.25, 0.3) is 0 Å². The molecule has 4 heterocycles. The molecule has 1 N–H and O–H groups in total. The molecule has 5 nitrogen and oxygen atoms in total. The first-order valence-corrected chi connectivity index (χ1v) is 11.2. The minimum Gasteiger partial charge on any atom is -0.383 e. The third kappa shape index (κ3) is 3.06. The van der Waals surface area contributed by atoms with E-state index in [4.69, 9.17) is 11.6 Å².